The molecule has 0 aliphatic carbocycles. The lowest BCUT2D eigenvalue weighted by Crippen LogP contribution is -2.13. The Morgan fingerprint density at radius 3 is 2.39 bits per heavy atom. The van der Waals surface area contributed by atoms with Crippen molar-refractivity contribution in [2.24, 2.45) is 5.73 Å². The highest BCUT2D eigenvalue weighted by Gasteiger charge is 2.15. The maximum Gasteiger partial charge on any atom is 0.303 e. The predicted molar refractivity (Wildman–Crippen MR) is 59.3 cm³/mol. The molecule has 0 aliphatic heterocycles. The Morgan fingerprint density at radius 1 is 1.17 bits per heavy atom. The number of hydrogen-bond acceptors (Lipinski definition) is 2. The second kappa shape index (κ2) is 6.39. The van der Waals surface area contributed by atoms with Crippen LogP contribution in [0.2, 0.25) is 0 Å². The fourth-order valence-corrected chi connectivity index (χ4v) is 1.62. The Bertz CT molecular complexity index is 438. The minimum atomic E-state index is -1.26. The van der Waals surface area contributed by atoms with E-state index in [-0.39, 0.29) is 12.0 Å². The number of hydrogen-bond donors (Lipinski definition) is 2. The van der Waals surface area contributed by atoms with Gasteiger partial charge in [-0.3, -0.25) is 4.79 Å². The summed E-state index contributed by atoms with van der Waals surface area (Å²) in [6.45, 7) is 0. The van der Waals surface area contributed by atoms with Crippen LogP contribution in [0.4, 0.5) is 13.2 Å². The second-order valence-electron chi connectivity index (χ2n) is 4.03. The molecule has 0 heterocycles. The SMILES string of the molecule is NC(CCCCC(=O)O)c1cc(F)c(F)cc1F. The van der Waals surface area contributed by atoms with Crippen LogP contribution in [-0.4, -0.2) is 11.1 Å². The van der Waals surface area contributed by atoms with Crippen LogP contribution < -0.4 is 5.73 Å². The topological polar surface area (TPSA) is 63.3 Å². The predicted octanol–water partition coefficient (Wildman–Crippen LogP) is 2.75. The van der Waals surface area contributed by atoms with Gasteiger partial charge in [-0.05, 0) is 18.9 Å². The van der Waals surface area contributed by atoms with Gasteiger partial charge in [0.25, 0.3) is 0 Å². The van der Waals surface area contributed by atoms with Crippen LogP contribution in [0.5, 0.6) is 0 Å². The molecule has 6 heteroatoms. The molecular weight excluding hydrogens is 247 g/mol. The van der Waals surface area contributed by atoms with Crippen molar-refractivity contribution in [2.75, 3.05) is 0 Å². The van der Waals surface area contributed by atoms with E-state index in [9.17, 15) is 18.0 Å². The summed E-state index contributed by atoms with van der Waals surface area (Å²) in [6.07, 6.45) is 1.21. The molecule has 0 radical (unpaired) electrons. The number of benzene rings is 1. The van der Waals surface area contributed by atoms with Crippen molar-refractivity contribution in [1.29, 1.82) is 0 Å². The van der Waals surface area contributed by atoms with Crippen LogP contribution in [0.15, 0.2) is 12.1 Å². The third-order valence-electron chi connectivity index (χ3n) is 2.59. The van der Waals surface area contributed by atoms with Gasteiger partial charge in [-0.15, -0.1) is 0 Å². The molecule has 0 spiro atoms. The Labute approximate surface area is 102 Å². The summed E-state index contributed by atoms with van der Waals surface area (Å²) in [5.41, 5.74) is 5.56. The number of carboxylic acids is 1. The number of carbonyl (C=O) groups is 1. The molecule has 0 aliphatic rings. The van der Waals surface area contributed by atoms with Crippen molar-refractivity contribution in [2.45, 2.75) is 31.7 Å². The van der Waals surface area contributed by atoms with Gasteiger partial charge in [-0.25, -0.2) is 13.2 Å². The largest absolute Gasteiger partial charge is 0.481 e. The lowest BCUT2D eigenvalue weighted by atomic mass is 10.0. The van der Waals surface area contributed by atoms with Crippen LogP contribution >= 0.6 is 0 Å². The maximum atomic E-state index is 13.3. The molecule has 1 aromatic rings. The van der Waals surface area contributed by atoms with Crippen LogP contribution in [0.1, 0.15) is 37.3 Å². The first-order chi connectivity index (χ1) is 8.41. The summed E-state index contributed by atoms with van der Waals surface area (Å²) in [5, 5.41) is 8.42. The number of rotatable bonds is 6. The van der Waals surface area contributed by atoms with Gasteiger partial charge in [-0.1, -0.05) is 6.42 Å². The van der Waals surface area contributed by atoms with Gasteiger partial charge >= 0.3 is 5.97 Å². The zero-order chi connectivity index (χ0) is 13.7. The highest BCUT2D eigenvalue weighted by Crippen LogP contribution is 2.22. The Kier molecular flexibility index (Phi) is 5.15. The fraction of sp³-hybridized carbons (Fsp3) is 0.417. The van der Waals surface area contributed by atoms with E-state index in [2.05, 4.69) is 0 Å². The molecule has 0 amide bonds. The summed E-state index contributed by atoms with van der Waals surface area (Å²) in [7, 11) is 0. The minimum absolute atomic E-state index is 0.00693. The molecule has 1 unspecified atom stereocenters. The summed E-state index contributed by atoms with van der Waals surface area (Å²) in [4.78, 5) is 10.3. The molecule has 0 saturated carbocycles. The monoisotopic (exact) mass is 261 g/mol. The van der Waals surface area contributed by atoms with Gasteiger partial charge in [-0.2, -0.15) is 0 Å². The zero-order valence-corrected chi connectivity index (χ0v) is 9.63. The van der Waals surface area contributed by atoms with Crippen molar-refractivity contribution >= 4 is 5.97 Å². The van der Waals surface area contributed by atoms with E-state index >= 15 is 0 Å². The van der Waals surface area contributed by atoms with Gasteiger partial charge in [0, 0.05) is 24.1 Å². The molecule has 1 atom stereocenters. The molecule has 1 rings (SSSR count). The number of unbranched alkanes of at least 4 members (excludes halogenated alkanes) is 1. The molecule has 0 saturated heterocycles. The summed E-state index contributed by atoms with van der Waals surface area (Å²) < 4.78 is 39.0. The summed E-state index contributed by atoms with van der Waals surface area (Å²) in [5.74, 6) is -4.20. The van der Waals surface area contributed by atoms with E-state index in [1.165, 1.54) is 0 Å². The normalized spacial score (nSPS) is 12.4. The highest BCUT2D eigenvalue weighted by molar-refractivity contribution is 5.66. The standard InChI is InChI=1S/C12H14F3NO2/c13-8-6-10(15)9(14)5-7(8)11(16)3-1-2-4-12(17)18/h5-6,11H,1-4,16H2,(H,17,18). The van der Waals surface area contributed by atoms with E-state index in [0.717, 1.165) is 6.07 Å². The van der Waals surface area contributed by atoms with Crippen LogP contribution in [0.3, 0.4) is 0 Å². The fourth-order valence-electron chi connectivity index (χ4n) is 1.62. The van der Waals surface area contributed by atoms with Gasteiger partial charge in [0.2, 0.25) is 0 Å². The Balaban J connectivity index is 2.58. The maximum absolute atomic E-state index is 13.3. The van der Waals surface area contributed by atoms with E-state index in [0.29, 0.717) is 25.3 Å². The molecule has 100 valence electrons. The zero-order valence-electron chi connectivity index (χ0n) is 9.63. The van der Waals surface area contributed by atoms with E-state index < -0.39 is 29.5 Å². The first-order valence-electron chi connectivity index (χ1n) is 5.53. The third kappa shape index (κ3) is 4.03. The highest BCUT2D eigenvalue weighted by atomic mass is 19.2. The number of carboxylic acid groups (broad SMARTS) is 1. The van der Waals surface area contributed by atoms with Crippen molar-refractivity contribution < 1.29 is 23.1 Å². The van der Waals surface area contributed by atoms with Crippen LogP contribution in [0.25, 0.3) is 0 Å². The first kappa shape index (κ1) is 14.5. The number of nitrogens with two attached hydrogens (primary N) is 1. The minimum Gasteiger partial charge on any atom is -0.481 e. The first-order valence-corrected chi connectivity index (χ1v) is 5.53. The Morgan fingerprint density at radius 2 is 1.78 bits per heavy atom. The number of aliphatic carboxylic acids is 1. The Hall–Kier alpha value is -1.56. The van der Waals surface area contributed by atoms with E-state index in [1.807, 2.05) is 0 Å². The van der Waals surface area contributed by atoms with Crippen LogP contribution in [0, 0.1) is 17.5 Å². The molecule has 1 aromatic carbocycles. The van der Waals surface area contributed by atoms with Crippen molar-refractivity contribution in [3.8, 4) is 0 Å². The summed E-state index contributed by atoms with van der Waals surface area (Å²) in [6, 6.07) is 0.433. The average molecular weight is 261 g/mol. The van der Waals surface area contributed by atoms with Crippen molar-refractivity contribution in [3.05, 3.63) is 35.1 Å². The molecule has 0 fully saturated rings. The molecule has 0 aromatic heterocycles. The molecule has 0 bridgehead atoms. The van der Waals surface area contributed by atoms with Gasteiger partial charge < -0.3 is 10.8 Å². The molecular formula is C12H14F3NO2. The second-order valence-corrected chi connectivity index (χ2v) is 4.03. The molecule has 3 N–H and O–H groups in total. The average Bonchev–Trinajstić information content (AvgIpc) is 2.28. The van der Waals surface area contributed by atoms with Crippen LogP contribution in [-0.2, 0) is 4.79 Å². The van der Waals surface area contributed by atoms with Crippen molar-refractivity contribution in [1.82, 2.24) is 0 Å². The summed E-state index contributed by atoms with van der Waals surface area (Å²) >= 11 is 0. The smallest absolute Gasteiger partial charge is 0.303 e. The quantitative estimate of drug-likeness (QED) is 0.611. The third-order valence-corrected chi connectivity index (χ3v) is 2.59. The van der Waals surface area contributed by atoms with E-state index in [4.69, 9.17) is 10.8 Å². The van der Waals surface area contributed by atoms with Gasteiger partial charge in [0.05, 0.1) is 0 Å². The lowest BCUT2D eigenvalue weighted by molar-refractivity contribution is -0.137. The lowest BCUT2D eigenvalue weighted by Gasteiger charge is -2.13. The molecule has 3 nitrogen and oxygen atoms in total. The number of halogens is 3. The molecule has 18 heavy (non-hydrogen) atoms. The van der Waals surface area contributed by atoms with Crippen molar-refractivity contribution in [3.63, 3.8) is 0 Å². The van der Waals surface area contributed by atoms with E-state index in [1.54, 1.807) is 0 Å². The van der Waals surface area contributed by atoms with Gasteiger partial charge in [0.1, 0.15) is 5.82 Å². The van der Waals surface area contributed by atoms with Gasteiger partial charge in [0.15, 0.2) is 11.6 Å².